The number of benzene rings is 1. The second kappa shape index (κ2) is 10.8. The highest BCUT2D eigenvalue weighted by molar-refractivity contribution is 5.26. The predicted octanol–water partition coefficient (Wildman–Crippen LogP) is 2.36. The molecule has 0 unspecified atom stereocenters. The summed E-state index contributed by atoms with van der Waals surface area (Å²) in [6, 6.07) is 7.79. The largest absolute Gasteiger partial charge is 0.491 e. The van der Waals surface area contributed by atoms with Crippen molar-refractivity contribution >= 4 is 0 Å². The SMILES string of the molecule is CCCCOCCOCCOc1ccc(CN)cc1. The summed E-state index contributed by atoms with van der Waals surface area (Å²) in [4.78, 5) is 0. The minimum absolute atomic E-state index is 0.553. The van der Waals surface area contributed by atoms with Crippen LogP contribution in [0.3, 0.4) is 0 Å². The van der Waals surface area contributed by atoms with E-state index in [0.29, 0.717) is 33.0 Å². The third kappa shape index (κ3) is 7.82. The number of hydrogen-bond acceptors (Lipinski definition) is 4. The van der Waals surface area contributed by atoms with Crippen LogP contribution in [-0.4, -0.2) is 33.0 Å². The monoisotopic (exact) mass is 267 g/mol. The van der Waals surface area contributed by atoms with Crippen molar-refractivity contribution in [3.8, 4) is 5.75 Å². The summed E-state index contributed by atoms with van der Waals surface area (Å²) in [7, 11) is 0. The molecule has 4 heteroatoms. The number of nitrogens with two attached hydrogens (primary N) is 1. The molecule has 0 aliphatic carbocycles. The van der Waals surface area contributed by atoms with E-state index in [-0.39, 0.29) is 0 Å². The Labute approximate surface area is 115 Å². The van der Waals surface area contributed by atoms with Crippen molar-refractivity contribution in [1.29, 1.82) is 0 Å². The summed E-state index contributed by atoms with van der Waals surface area (Å²) < 4.78 is 16.3. The van der Waals surface area contributed by atoms with Gasteiger partial charge in [0, 0.05) is 13.2 Å². The molecular formula is C15H25NO3. The molecule has 1 aromatic rings. The highest BCUT2D eigenvalue weighted by Crippen LogP contribution is 2.11. The molecule has 0 aliphatic heterocycles. The molecule has 1 rings (SSSR count). The lowest BCUT2D eigenvalue weighted by Gasteiger charge is -2.08. The topological polar surface area (TPSA) is 53.7 Å². The molecule has 2 N–H and O–H groups in total. The Hall–Kier alpha value is -1.10. The molecule has 0 amide bonds. The van der Waals surface area contributed by atoms with Gasteiger partial charge in [0.05, 0.1) is 19.8 Å². The van der Waals surface area contributed by atoms with Gasteiger partial charge in [0.2, 0.25) is 0 Å². The van der Waals surface area contributed by atoms with Gasteiger partial charge in [-0.15, -0.1) is 0 Å². The van der Waals surface area contributed by atoms with E-state index in [4.69, 9.17) is 19.9 Å². The zero-order valence-electron chi connectivity index (χ0n) is 11.8. The molecule has 4 nitrogen and oxygen atoms in total. The maximum atomic E-state index is 5.54. The molecule has 0 fully saturated rings. The van der Waals surface area contributed by atoms with Gasteiger partial charge in [0.15, 0.2) is 0 Å². The van der Waals surface area contributed by atoms with E-state index in [1.54, 1.807) is 0 Å². The van der Waals surface area contributed by atoms with Gasteiger partial charge in [-0.2, -0.15) is 0 Å². The summed E-state index contributed by atoms with van der Waals surface area (Å²) in [6.07, 6.45) is 2.28. The third-order valence-corrected chi connectivity index (χ3v) is 2.67. The number of hydrogen-bond donors (Lipinski definition) is 1. The number of rotatable bonds is 11. The summed E-state index contributed by atoms with van der Waals surface area (Å²) in [5.41, 5.74) is 6.63. The van der Waals surface area contributed by atoms with Crippen molar-refractivity contribution in [2.24, 2.45) is 5.73 Å². The van der Waals surface area contributed by atoms with E-state index in [2.05, 4.69) is 6.92 Å². The van der Waals surface area contributed by atoms with Crippen molar-refractivity contribution < 1.29 is 14.2 Å². The lowest BCUT2D eigenvalue weighted by atomic mass is 10.2. The average Bonchev–Trinajstić information content (AvgIpc) is 2.46. The first-order valence-corrected chi connectivity index (χ1v) is 6.94. The van der Waals surface area contributed by atoms with E-state index in [9.17, 15) is 0 Å². The smallest absolute Gasteiger partial charge is 0.119 e. The standard InChI is InChI=1S/C15H25NO3/c1-2-3-8-17-9-10-18-11-12-19-15-6-4-14(13-16)5-7-15/h4-7H,2-3,8-13,16H2,1H3. The highest BCUT2D eigenvalue weighted by Gasteiger charge is 1.95. The van der Waals surface area contributed by atoms with Crippen LogP contribution >= 0.6 is 0 Å². The minimum Gasteiger partial charge on any atom is -0.491 e. The van der Waals surface area contributed by atoms with Crippen LogP contribution in [0.4, 0.5) is 0 Å². The quantitative estimate of drug-likeness (QED) is 0.625. The van der Waals surface area contributed by atoms with Crippen LogP contribution in [0.2, 0.25) is 0 Å². The van der Waals surface area contributed by atoms with Crippen LogP contribution in [0.15, 0.2) is 24.3 Å². The van der Waals surface area contributed by atoms with Crippen LogP contribution in [-0.2, 0) is 16.0 Å². The summed E-state index contributed by atoms with van der Waals surface area (Å²) in [5.74, 6) is 0.847. The lowest BCUT2D eigenvalue weighted by molar-refractivity contribution is 0.0356. The van der Waals surface area contributed by atoms with Gasteiger partial charge in [0.1, 0.15) is 12.4 Å². The minimum atomic E-state index is 0.553. The highest BCUT2D eigenvalue weighted by atomic mass is 16.5. The Kier molecular flexibility index (Phi) is 9.06. The van der Waals surface area contributed by atoms with E-state index < -0.39 is 0 Å². The first-order chi connectivity index (χ1) is 9.36. The van der Waals surface area contributed by atoms with E-state index >= 15 is 0 Å². The van der Waals surface area contributed by atoms with Gasteiger partial charge >= 0.3 is 0 Å². The maximum Gasteiger partial charge on any atom is 0.119 e. The molecule has 0 bridgehead atoms. The summed E-state index contributed by atoms with van der Waals surface area (Å²) in [6.45, 7) is 5.94. The average molecular weight is 267 g/mol. The predicted molar refractivity (Wildman–Crippen MR) is 76.4 cm³/mol. The zero-order valence-corrected chi connectivity index (χ0v) is 11.8. The Balaban J connectivity index is 1.95. The lowest BCUT2D eigenvalue weighted by Crippen LogP contribution is -2.11. The second-order valence-electron chi connectivity index (χ2n) is 4.27. The van der Waals surface area contributed by atoms with E-state index in [1.165, 1.54) is 0 Å². The fraction of sp³-hybridized carbons (Fsp3) is 0.600. The second-order valence-corrected chi connectivity index (χ2v) is 4.27. The van der Waals surface area contributed by atoms with Gasteiger partial charge in [-0.05, 0) is 24.1 Å². The van der Waals surface area contributed by atoms with Crippen molar-refractivity contribution in [3.63, 3.8) is 0 Å². The molecular weight excluding hydrogens is 242 g/mol. The van der Waals surface area contributed by atoms with Gasteiger partial charge in [0.25, 0.3) is 0 Å². The van der Waals surface area contributed by atoms with E-state index in [1.807, 2.05) is 24.3 Å². The molecule has 0 aliphatic rings. The van der Waals surface area contributed by atoms with Gasteiger partial charge < -0.3 is 19.9 Å². The first-order valence-electron chi connectivity index (χ1n) is 6.94. The van der Waals surface area contributed by atoms with Crippen LogP contribution in [0, 0.1) is 0 Å². The third-order valence-electron chi connectivity index (χ3n) is 2.67. The fourth-order valence-electron chi connectivity index (χ4n) is 1.51. The Morgan fingerprint density at radius 3 is 2.16 bits per heavy atom. The molecule has 0 spiro atoms. The maximum absolute atomic E-state index is 5.54. The van der Waals surface area contributed by atoms with Crippen molar-refractivity contribution in [2.45, 2.75) is 26.3 Å². The van der Waals surface area contributed by atoms with Crippen LogP contribution in [0.1, 0.15) is 25.3 Å². The van der Waals surface area contributed by atoms with Gasteiger partial charge in [-0.25, -0.2) is 0 Å². The van der Waals surface area contributed by atoms with Crippen molar-refractivity contribution in [3.05, 3.63) is 29.8 Å². The molecule has 19 heavy (non-hydrogen) atoms. The Morgan fingerprint density at radius 1 is 0.895 bits per heavy atom. The van der Waals surface area contributed by atoms with Crippen molar-refractivity contribution in [1.82, 2.24) is 0 Å². The number of ether oxygens (including phenoxy) is 3. The van der Waals surface area contributed by atoms with Gasteiger partial charge in [-0.3, -0.25) is 0 Å². The molecule has 0 saturated heterocycles. The Bertz CT molecular complexity index is 314. The van der Waals surface area contributed by atoms with E-state index in [0.717, 1.165) is 30.8 Å². The first kappa shape index (κ1) is 16.0. The molecule has 108 valence electrons. The molecule has 0 heterocycles. The number of unbranched alkanes of at least 4 members (excludes halogenated alkanes) is 1. The Morgan fingerprint density at radius 2 is 1.53 bits per heavy atom. The fourth-order valence-corrected chi connectivity index (χ4v) is 1.51. The molecule has 1 aromatic carbocycles. The van der Waals surface area contributed by atoms with Crippen LogP contribution < -0.4 is 10.5 Å². The summed E-state index contributed by atoms with van der Waals surface area (Å²) >= 11 is 0. The van der Waals surface area contributed by atoms with Crippen LogP contribution in [0.25, 0.3) is 0 Å². The normalized spacial score (nSPS) is 10.6. The molecule has 0 atom stereocenters. The molecule has 0 aromatic heterocycles. The molecule has 0 saturated carbocycles. The van der Waals surface area contributed by atoms with Crippen LogP contribution in [0.5, 0.6) is 5.75 Å². The summed E-state index contributed by atoms with van der Waals surface area (Å²) in [5, 5.41) is 0. The molecule has 0 radical (unpaired) electrons. The van der Waals surface area contributed by atoms with Crippen molar-refractivity contribution in [2.75, 3.05) is 33.0 Å². The van der Waals surface area contributed by atoms with Gasteiger partial charge in [-0.1, -0.05) is 25.5 Å². The zero-order chi connectivity index (χ0) is 13.8.